The van der Waals surface area contributed by atoms with Gasteiger partial charge >= 0.3 is 0 Å². The maximum absolute atomic E-state index is 12.9. The van der Waals surface area contributed by atoms with Crippen LogP contribution in [0.3, 0.4) is 0 Å². The van der Waals surface area contributed by atoms with Crippen molar-refractivity contribution in [1.29, 1.82) is 5.26 Å². The van der Waals surface area contributed by atoms with Gasteiger partial charge in [0.25, 0.3) is 0 Å². The number of hydrogen-bond donors (Lipinski definition) is 0. The van der Waals surface area contributed by atoms with Gasteiger partial charge in [-0.1, -0.05) is 19.1 Å². The van der Waals surface area contributed by atoms with E-state index in [0.29, 0.717) is 17.5 Å². The molecule has 2 heterocycles. The van der Waals surface area contributed by atoms with Gasteiger partial charge in [0, 0.05) is 32.3 Å². The number of oxazole rings is 1. The summed E-state index contributed by atoms with van der Waals surface area (Å²) in [4.78, 5) is 8.65. The van der Waals surface area contributed by atoms with Crippen LogP contribution in [0.15, 0.2) is 28.7 Å². The molecule has 0 atom stereocenters. The number of nitriles is 1. The van der Waals surface area contributed by atoms with Gasteiger partial charge in [0.05, 0.1) is 0 Å². The lowest BCUT2D eigenvalue weighted by molar-refractivity contribution is 0.266. The Labute approximate surface area is 140 Å². The monoisotopic (exact) mass is 326 g/mol. The van der Waals surface area contributed by atoms with E-state index in [4.69, 9.17) is 4.42 Å². The molecule has 0 spiro atoms. The van der Waals surface area contributed by atoms with E-state index in [1.807, 2.05) is 0 Å². The third-order valence-corrected chi connectivity index (χ3v) is 4.13. The Morgan fingerprint density at radius 3 is 2.54 bits per heavy atom. The first kappa shape index (κ1) is 16.2. The summed E-state index contributed by atoms with van der Waals surface area (Å²) in [6, 6.07) is 8.24. The molecule has 5 nitrogen and oxygen atoms in total. The Balaban J connectivity index is 1.75. The molecule has 1 fully saturated rings. The molecule has 1 aliphatic heterocycles. The first-order chi connectivity index (χ1) is 11.7. The Morgan fingerprint density at radius 1 is 1.21 bits per heavy atom. The van der Waals surface area contributed by atoms with Gasteiger partial charge in [-0.3, -0.25) is 0 Å². The first-order valence-electron chi connectivity index (χ1n) is 8.01. The van der Waals surface area contributed by atoms with Crippen molar-refractivity contribution in [1.82, 2.24) is 9.88 Å². The molecule has 1 saturated heterocycles. The minimum Gasteiger partial charge on any atom is -0.420 e. The number of piperazine rings is 1. The molecule has 0 saturated carbocycles. The van der Waals surface area contributed by atoms with E-state index in [-0.39, 0.29) is 5.82 Å². The highest BCUT2D eigenvalue weighted by atomic mass is 19.1. The molecule has 0 aliphatic carbocycles. The van der Waals surface area contributed by atoms with E-state index in [1.165, 1.54) is 12.1 Å². The van der Waals surface area contributed by atoms with Crippen molar-refractivity contribution < 1.29 is 8.81 Å². The van der Waals surface area contributed by atoms with Crippen LogP contribution in [0.5, 0.6) is 0 Å². The predicted octanol–water partition coefficient (Wildman–Crippen LogP) is 3.00. The van der Waals surface area contributed by atoms with Gasteiger partial charge < -0.3 is 14.2 Å². The van der Waals surface area contributed by atoms with Crippen molar-refractivity contribution in [2.45, 2.75) is 6.92 Å². The molecule has 0 N–H and O–H groups in total. The summed E-state index contributed by atoms with van der Waals surface area (Å²) >= 11 is 0. The van der Waals surface area contributed by atoms with E-state index in [0.717, 1.165) is 38.3 Å². The second-order valence-corrected chi connectivity index (χ2v) is 5.62. The van der Waals surface area contributed by atoms with Crippen LogP contribution < -0.4 is 4.90 Å². The third kappa shape index (κ3) is 3.63. The lowest BCUT2D eigenvalue weighted by atomic mass is 10.2. The van der Waals surface area contributed by atoms with Crippen LogP contribution in [-0.2, 0) is 0 Å². The van der Waals surface area contributed by atoms with Crippen LogP contribution in [0.25, 0.3) is 12.2 Å². The average Bonchev–Trinajstić information content (AvgIpc) is 3.04. The van der Waals surface area contributed by atoms with Gasteiger partial charge in [-0.05, 0) is 30.3 Å². The largest absolute Gasteiger partial charge is 0.420 e. The molecule has 3 rings (SSSR count). The molecule has 0 amide bonds. The van der Waals surface area contributed by atoms with Gasteiger partial charge in [-0.2, -0.15) is 10.2 Å². The second kappa shape index (κ2) is 7.28. The van der Waals surface area contributed by atoms with Gasteiger partial charge in [0.15, 0.2) is 0 Å². The molecule has 0 bridgehead atoms. The highest BCUT2D eigenvalue weighted by molar-refractivity contribution is 5.67. The molecular formula is C18H19FN4O. The fourth-order valence-electron chi connectivity index (χ4n) is 2.70. The lowest BCUT2D eigenvalue weighted by Crippen LogP contribution is -2.46. The summed E-state index contributed by atoms with van der Waals surface area (Å²) in [5, 5.41) is 9.30. The Morgan fingerprint density at radius 2 is 1.92 bits per heavy atom. The number of aromatic nitrogens is 1. The minimum absolute atomic E-state index is 0.274. The SMILES string of the molecule is CCN1CCN(c2oc(C=Cc3ccc(F)cc3)nc2C#N)CC1. The molecule has 124 valence electrons. The summed E-state index contributed by atoms with van der Waals surface area (Å²) < 4.78 is 18.7. The predicted molar refractivity (Wildman–Crippen MR) is 90.9 cm³/mol. The molecule has 0 unspecified atom stereocenters. The summed E-state index contributed by atoms with van der Waals surface area (Å²) in [5.74, 6) is 0.638. The zero-order chi connectivity index (χ0) is 16.9. The standard InChI is InChI=1S/C18H19FN4O/c1-2-22-9-11-23(12-10-22)18-16(13-20)21-17(24-18)8-5-14-3-6-15(19)7-4-14/h3-8H,2,9-12H2,1H3. The van der Waals surface area contributed by atoms with Crippen LogP contribution in [0.2, 0.25) is 0 Å². The van der Waals surface area contributed by atoms with Crippen molar-refractivity contribution in [3.05, 3.63) is 47.2 Å². The number of halogens is 1. The number of nitrogens with zero attached hydrogens (tertiary/aromatic N) is 4. The molecule has 24 heavy (non-hydrogen) atoms. The third-order valence-electron chi connectivity index (χ3n) is 4.13. The Bertz CT molecular complexity index is 752. The molecule has 6 heteroatoms. The van der Waals surface area contributed by atoms with Crippen LogP contribution in [0.1, 0.15) is 24.1 Å². The highest BCUT2D eigenvalue weighted by Gasteiger charge is 2.22. The van der Waals surface area contributed by atoms with Crippen LogP contribution in [0, 0.1) is 17.1 Å². The quantitative estimate of drug-likeness (QED) is 0.864. The average molecular weight is 326 g/mol. The second-order valence-electron chi connectivity index (χ2n) is 5.62. The maximum atomic E-state index is 12.9. The van der Waals surface area contributed by atoms with Crippen molar-refractivity contribution in [2.24, 2.45) is 0 Å². The number of rotatable bonds is 4. The lowest BCUT2D eigenvalue weighted by Gasteiger charge is -2.33. The van der Waals surface area contributed by atoms with Gasteiger partial charge in [-0.25, -0.2) is 4.39 Å². The molecule has 2 aromatic rings. The molecule has 1 aromatic carbocycles. The Hall–Kier alpha value is -2.65. The minimum atomic E-state index is -0.274. The Kier molecular flexibility index (Phi) is 4.92. The van der Waals surface area contributed by atoms with Gasteiger partial charge in [-0.15, -0.1) is 0 Å². The van der Waals surface area contributed by atoms with Gasteiger partial charge in [0.1, 0.15) is 11.9 Å². The molecule has 1 aliphatic rings. The summed E-state index contributed by atoms with van der Waals surface area (Å²) in [5.41, 5.74) is 1.14. The van der Waals surface area contributed by atoms with Crippen molar-refractivity contribution in [3.63, 3.8) is 0 Å². The number of benzene rings is 1. The summed E-state index contributed by atoms with van der Waals surface area (Å²) in [6.45, 7) is 6.70. The van der Waals surface area contributed by atoms with Crippen LogP contribution in [-0.4, -0.2) is 42.6 Å². The number of likely N-dealkylation sites (N-methyl/N-ethyl adjacent to an activating group) is 1. The molecule has 1 aromatic heterocycles. The van der Waals surface area contributed by atoms with Crippen molar-refractivity contribution in [3.8, 4) is 6.07 Å². The van der Waals surface area contributed by atoms with E-state index >= 15 is 0 Å². The molecular weight excluding hydrogens is 307 g/mol. The smallest absolute Gasteiger partial charge is 0.235 e. The van der Waals surface area contributed by atoms with Crippen molar-refractivity contribution in [2.75, 3.05) is 37.6 Å². The fraction of sp³-hybridized carbons (Fsp3) is 0.333. The summed E-state index contributed by atoms with van der Waals surface area (Å²) in [7, 11) is 0. The van der Waals surface area contributed by atoms with E-state index in [2.05, 4.69) is 27.8 Å². The zero-order valence-electron chi connectivity index (χ0n) is 13.6. The van der Waals surface area contributed by atoms with Crippen LogP contribution in [0.4, 0.5) is 10.3 Å². The highest BCUT2D eigenvalue weighted by Crippen LogP contribution is 2.24. The normalized spacial score (nSPS) is 15.8. The first-order valence-corrected chi connectivity index (χ1v) is 8.01. The van der Waals surface area contributed by atoms with E-state index in [9.17, 15) is 9.65 Å². The maximum Gasteiger partial charge on any atom is 0.235 e. The van der Waals surface area contributed by atoms with E-state index < -0.39 is 0 Å². The van der Waals surface area contributed by atoms with Crippen LogP contribution >= 0.6 is 0 Å². The number of hydrogen-bond acceptors (Lipinski definition) is 5. The summed E-state index contributed by atoms with van der Waals surface area (Å²) in [6.07, 6.45) is 3.48. The topological polar surface area (TPSA) is 56.3 Å². The van der Waals surface area contributed by atoms with Crippen molar-refractivity contribution >= 4 is 18.0 Å². The number of anilines is 1. The molecule has 0 radical (unpaired) electrons. The zero-order valence-corrected chi connectivity index (χ0v) is 13.6. The van der Waals surface area contributed by atoms with E-state index in [1.54, 1.807) is 24.3 Å². The van der Waals surface area contributed by atoms with Gasteiger partial charge in [0.2, 0.25) is 17.5 Å². The fourth-order valence-corrected chi connectivity index (χ4v) is 2.70.